The van der Waals surface area contributed by atoms with Gasteiger partial charge in [0.15, 0.2) is 0 Å². The van der Waals surface area contributed by atoms with Gasteiger partial charge in [-0.3, -0.25) is 4.79 Å². The number of nitrogens with zero attached hydrogens (tertiary/aromatic N) is 2. The van der Waals surface area contributed by atoms with Gasteiger partial charge in [0.2, 0.25) is 5.91 Å². The molecule has 4 heteroatoms. The van der Waals surface area contributed by atoms with Crippen molar-refractivity contribution in [3.05, 3.63) is 29.8 Å². The van der Waals surface area contributed by atoms with E-state index < -0.39 is 0 Å². The van der Waals surface area contributed by atoms with Crippen molar-refractivity contribution in [3.63, 3.8) is 0 Å². The summed E-state index contributed by atoms with van der Waals surface area (Å²) in [5, 5.41) is 11.8. The summed E-state index contributed by atoms with van der Waals surface area (Å²) in [6, 6.07) is 9.15. The molecule has 114 valence electrons. The number of unbranched alkanes of at least 4 members (excludes halogenated alkanes) is 2. The molecule has 0 aliphatic heterocycles. The molecule has 0 saturated carbocycles. The highest BCUT2D eigenvalue weighted by molar-refractivity contribution is 5.92. The van der Waals surface area contributed by atoms with Gasteiger partial charge in [0.05, 0.1) is 11.3 Å². The van der Waals surface area contributed by atoms with Gasteiger partial charge >= 0.3 is 0 Å². The van der Waals surface area contributed by atoms with Crippen LogP contribution in [0.4, 0.5) is 5.69 Å². The van der Waals surface area contributed by atoms with Crippen LogP contribution in [0.5, 0.6) is 0 Å². The van der Waals surface area contributed by atoms with Crippen LogP contribution in [-0.2, 0) is 4.79 Å². The van der Waals surface area contributed by atoms with Crippen LogP contribution < -0.4 is 5.32 Å². The monoisotopic (exact) mass is 287 g/mol. The van der Waals surface area contributed by atoms with Gasteiger partial charge in [0.1, 0.15) is 6.07 Å². The highest BCUT2D eigenvalue weighted by Gasteiger charge is 2.06. The number of nitriles is 1. The normalized spacial score (nSPS) is 10.4. The fourth-order valence-electron chi connectivity index (χ4n) is 2.16. The highest BCUT2D eigenvalue weighted by atomic mass is 16.1. The molecule has 1 N–H and O–H groups in total. The number of carbonyl (C=O) groups excluding carboxylic acids is 1. The largest absolute Gasteiger partial charge is 0.325 e. The molecule has 0 unspecified atom stereocenters. The fraction of sp³-hybridized carbons (Fsp3) is 0.529. The van der Waals surface area contributed by atoms with Gasteiger partial charge in [-0.2, -0.15) is 5.26 Å². The summed E-state index contributed by atoms with van der Waals surface area (Å²) >= 11 is 0. The quantitative estimate of drug-likeness (QED) is 0.708. The molecule has 0 bridgehead atoms. The number of benzene rings is 1. The number of anilines is 1. The van der Waals surface area contributed by atoms with Gasteiger partial charge in [-0.15, -0.1) is 0 Å². The van der Waals surface area contributed by atoms with E-state index in [1.54, 1.807) is 18.2 Å². The maximum atomic E-state index is 11.9. The molecule has 0 aliphatic rings. The average molecular weight is 287 g/mol. The van der Waals surface area contributed by atoms with Crippen molar-refractivity contribution in [3.8, 4) is 6.07 Å². The van der Waals surface area contributed by atoms with Gasteiger partial charge in [-0.1, -0.05) is 31.9 Å². The first-order chi connectivity index (χ1) is 10.2. The fourth-order valence-corrected chi connectivity index (χ4v) is 2.16. The smallest absolute Gasteiger partial charge is 0.224 e. The molecule has 0 aromatic heterocycles. The summed E-state index contributed by atoms with van der Waals surface area (Å²) in [5.74, 6) is -0.0281. The van der Waals surface area contributed by atoms with Gasteiger partial charge < -0.3 is 10.2 Å². The van der Waals surface area contributed by atoms with Crippen molar-refractivity contribution < 1.29 is 4.79 Å². The maximum Gasteiger partial charge on any atom is 0.224 e. The van der Waals surface area contributed by atoms with Crippen molar-refractivity contribution in [2.75, 3.05) is 25.5 Å². The van der Waals surface area contributed by atoms with E-state index in [1.165, 1.54) is 19.3 Å². The highest BCUT2D eigenvalue weighted by Crippen LogP contribution is 2.14. The van der Waals surface area contributed by atoms with Crippen molar-refractivity contribution >= 4 is 11.6 Å². The number of nitrogens with one attached hydrogen (secondary N) is 1. The lowest BCUT2D eigenvalue weighted by molar-refractivity contribution is -0.116. The maximum absolute atomic E-state index is 11.9. The predicted octanol–water partition coefficient (Wildman–Crippen LogP) is 3.40. The summed E-state index contributed by atoms with van der Waals surface area (Å²) < 4.78 is 0. The molecule has 1 aromatic carbocycles. The van der Waals surface area contributed by atoms with E-state index in [2.05, 4.69) is 30.3 Å². The third-order valence-electron chi connectivity index (χ3n) is 3.41. The van der Waals surface area contributed by atoms with Crippen LogP contribution in [-0.4, -0.2) is 30.9 Å². The van der Waals surface area contributed by atoms with Gasteiger partial charge in [0, 0.05) is 6.42 Å². The summed E-state index contributed by atoms with van der Waals surface area (Å²) in [7, 11) is 2.10. The molecule has 1 amide bonds. The molecular formula is C17H25N3O. The molecule has 0 aliphatic carbocycles. The minimum absolute atomic E-state index is 0.0281. The second-order valence-electron chi connectivity index (χ2n) is 5.32. The lowest BCUT2D eigenvalue weighted by atomic mass is 10.2. The Balaban J connectivity index is 2.27. The third-order valence-corrected chi connectivity index (χ3v) is 3.41. The van der Waals surface area contributed by atoms with Crippen LogP contribution in [0.15, 0.2) is 24.3 Å². The lowest BCUT2D eigenvalue weighted by Gasteiger charge is -2.16. The van der Waals surface area contributed by atoms with Gasteiger partial charge in [-0.05, 0) is 45.1 Å². The van der Waals surface area contributed by atoms with E-state index in [9.17, 15) is 4.79 Å². The Bertz CT molecular complexity index is 479. The van der Waals surface area contributed by atoms with E-state index in [1.807, 2.05) is 6.07 Å². The molecule has 4 nitrogen and oxygen atoms in total. The van der Waals surface area contributed by atoms with Crippen LogP contribution in [0.1, 0.15) is 44.6 Å². The number of carbonyl (C=O) groups is 1. The molecule has 0 atom stereocenters. The first kappa shape index (κ1) is 17.2. The van der Waals surface area contributed by atoms with E-state index in [-0.39, 0.29) is 5.91 Å². The minimum atomic E-state index is -0.0281. The molecule has 1 rings (SSSR count). The van der Waals surface area contributed by atoms with Crippen LogP contribution in [0.25, 0.3) is 0 Å². The van der Waals surface area contributed by atoms with Crippen molar-refractivity contribution in [1.29, 1.82) is 5.26 Å². The number of amides is 1. The van der Waals surface area contributed by atoms with Crippen molar-refractivity contribution in [2.24, 2.45) is 0 Å². The zero-order chi connectivity index (χ0) is 15.5. The summed E-state index contributed by atoms with van der Waals surface area (Å²) in [6.07, 6.45) is 5.03. The SMILES string of the molecule is CCCCCN(C)CCCC(=O)Nc1ccccc1C#N. The topological polar surface area (TPSA) is 56.1 Å². The Labute approximate surface area is 127 Å². The number of hydrogen-bond acceptors (Lipinski definition) is 3. The minimum Gasteiger partial charge on any atom is -0.325 e. The number of hydrogen-bond donors (Lipinski definition) is 1. The lowest BCUT2D eigenvalue weighted by Crippen LogP contribution is -2.22. The average Bonchev–Trinajstić information content (AvgIpc) is 2.48. The van der Waals surface area contributed by atoms with Crippen LogP contribution in [0, 0.1) is 11.3 Å². The first-order valence-electron chi connectivity index (χ1n) is 7.65. The van der Waals surface area contributed by atoms with E-state index in [0.29, 0.717) is 17.7 Å². The second-order valence-corrected chi connectivity index (χ2v) is 5.32. The summed E-state index contributed by atoms with van der Waals surface area (Å²) in [4.78, 5) is 14.2. The Kier molecular flexibility index (Phi) is 8.15. The van der Waals surface area contributed by atoms with Crippen molar-refractivity contribution in [1.82, 2.24) is 4.90 Å². The van der Waals surface area contributed by atoms with E-state index in [4.69, 9.17) is 5.26 Å². The Morgan fingerprint density at radius 2 is 1.95 bits per heavy atom. The molecule has 0 fully saturated rings. The Hall–Kier alpha value is -1.86. The van der Waals surface area contributed by atoms with E-state index in [0.717, 1.165) is 19.5 Å². The summed E-state index contributed by atoms with van der Waals surface area (Å²) in [5.41, 5.74) is 1.10. The zero-order valence-electron chi connectivity index (χ0n) is 13.1. The number of para-hydroxylation sites is 1. The van der Waals surface area contributed by atoms with Crippen LogP contribution >= 0.6 is 0 Å². The predicted molar refractivity (Wildman–Crippen MR) is 86.0 cm³/mol. The van der Waals surface area contributed by atoms with Gasteiger partial charge in [0.25, 0.3) is 0 Å². The standard InChI is InChI=1S/C17H25N3O/c1-3-4-7-12-20(2)13-8-11-17(21)19-16-10-6-5-9-15(16)14-18/h5-6,9-10H,3-4,7-8,11-13H2,1-2H3,(H,19,21). The second kappa shape index (κ2) is 9.95. The zero-order valence-corrected chi connectivity index (χ0v) is 13.1. The first-order valence-corrected chi connectivity index (χ1v) is 7.65. The van der Waals surface area contributed by atoms with E-state index >= 15 is 0 Å². The Morgan fingerprint density at radius 3 is 2.67 bits per heavy atom. The van der Waals surface area contributed by atoms with Gasteiger partial charge in [-0.25, -0.2) is 0 Å². The molecule has 0 spiro atoms. The molecule has 0 heterocycles. The van der Waals surface area contributed by atoms with Crippen LogP contribution in [0.2, 0.25) is 0 Å². The molecular weight excluding hydrogens is 262 g/mol. The molecule has 21 heavy (non-hydrogen) atoms. The number of rotatable bonds is 9. The van der Waals surface area contributed by atoms with Crippen LogP contribution in [0.3, 0.4) is 0 Å². The third kappa shape index (κ3) is 6.92. The molecule has 0 saturated heterocycles. The van der Waals surface area contributed by atoms with Crippen molar-refractivity contribution in [2.45, 2.75) is 39.0 Å². The summed E-state index contributed by atoms with van der Waals surface area (Å²) in [6.45, 7) is 4.22. The Morgan fingerprint density at radius 1 is 1.24 bits per heavy atom. The molecule has 1 aromatic rings. The molecule has 0 radical (unpaired) electrons.